The van der Waals surface area contributed by atoms with Crippen LogP contribution in [0.25, 0.3) is 0 Å². The van der Waals surface area contributed by atoms with E-state index in [1.165, 1.54) is 0 Å². The van der Waals surface area contributed by atoms with Crippen LogP contribution in [0.1, 0.15) is 43.9 Å². The number of rotatable bonds is 5. The average Bonchev–Trinajstić information content (AvgIpc) is 2.68. The van der Waals surface area contributed by atoms with Gasteiger partial charge in [0.25, 0.3) is 5.91 Å². The molecule has 16 heavy (non-hydrogen) atoms. The minimum atomic E-state index is -0.0252. The van der Waals surface area contributed by atoms with E-state index in [-0.39, 0.29) is 5.91 Å². The molecule has 0 unspecified atom stereocenters. The molecule has 1 N–H and O–H groups in total. The lowest BCUT2D eigenvalue weighted by molar-refractivity contribution is 0.0938. The maximum atomic E-state index is 11.9. The van der Waals surface area contributed by atoms with E-state index in [0.29, 0.717) is 18.2 Å². The fraction of sp³-hybridized carbons (Fsp3) is 0.667. The summed E-state index contributed by atoms with van der Waals surface area (Å²) in [6, 6.07) is 1.87. The van der Waals surface area contributed by atoms with Crippen LogP contribution in [0.15, 0.2) is 6.07 Å². The van der Waals surface area contributed by atoms with Crippen LogP contribution < -0.4 is 5.32 Å². The lowest BCUT2D eigenvalue weighted by atomic mass is 10.2. The van der Waals surface area contributed by atoms with E-state index in [0.717, 1.165) is 18.7 Å². The summed E-state index contributed by atoms with van der Waals surface area (Å²) in [5.41, 5.74) is 1.64. The highest BCUT2D eigenvalue weighted by Crippen LogP contribution is 2.05. The summed E-state index contributed by atoms with van der Waals surface area (Å²) < 4.78 is 1.76. The van der Waals surface area contributed by atoms with Crippen LogP contribution in [-0.2, 0) is 13.0 Å². The normalized spacial score (nSPS) is 10.8. The molecule has 0 aromatic carbocycles. The number of amides is 1. The van der Waals surface area contributed by atoms with Gasteiger partial charge in [-0.1, -0.05) is 20.8 Å². The molecular formula is C12H21N3O. The minimum Gasteiger partial charge on any atom is -0.350 e. The molecule has 1 heterocycles. The molecule has 0 atom stereocenters. The fourth-order valence-corrected chi connectivity index (χ4v) is 1.45. The monoisotopic (exact) mass is 223 g/mol. The van der Waals surface area contributed by atoms with Gasteiger partial charge in [-0.2, -0.15) is 5.10 Å². The van der Waals surface area contributed by atoms with Crippen LogP contribution in [0, 0.1) is 5.92 Å². The maximum Gasteiger partial charge on any atom is 0.269 e. The van der Waals surface area contributed by atoms with Crippen molar-refractivity contribution in [1.29, 1.82) is 0 Å². The number of carbonyl (C=O) groups excluding carboxylic acids is 1. The van der Waals surface area contributed by atoms with Gasteiger partial charge in [-0.25, -0.2) is 0 Å². The molecule has 1 rings (SSSR count). The summed E-state index contributed by atoms with van der Waals surface area (Å²) in [4.78, 5) is 11.9. The van der Waals surface area contributed by atoms with Crippen LogP contribution >= 0.6 is 0 Å². The molecule has 1 aromatic rings. The van der Waals surface area contributed by atoms with Gasteiger partial charge in [-0.15, -0.1) is 0 Å². The van der Waals surface area contributed by atoms with Gasteiger partial charge in [0, 0.05) is 13.1 Å². The standard InChI is InChI=1S/C12H21N3O/c1-5-10-7-11(15(6-2)14-10)12(16)13-8-9(3)4/h7,9H,5-6,8H2,1-4H3,(H,13,16). The van der Waals surface area contributed by atoms with E-state index in [1.54, 1.807) is 4.68 Å². The maximum absolute atomic E-state index is 11.9. The lowest BCUT2D eigenvalue weighted by Crippen LogP contribution is -2.29. The van der Waals surface area contributed by atoms with Crippen molar-refractivity contribution in [2.45, 2.75) is 40.7 Å². The molecule has 0 aliphatic heterocycles. The summed E-state index contributed by atoms with van der Waals surface area (Å²) in [5.74, 6) is 0.440. The molecule has 0 aliphatic rings. The van der Waals surface area contributed by atoms with Crippen LogP contribution in [0.2, 0.25) is 0 Å². The van der Waals surface area contributed by atoms with E-state index in [2.05, 4.69) is 24.3 Å². The van der Waals surface area contributed by atoms with E-state index in [4.69, 9.17) is 0 Å². The minimum absolute atomic E-state index is 0.0252. The summed E-state index contributed by atoms with van der Waals surface area (Å²) in [6.07, 6.45) is 0.859. The number of nitrogens with zero attached hydrogens (tertiary/aromatic N) is 2. The third kappa shape index (κ3) is 3.08. The SMILES string of the molecule is CCc1cc(C(=O)NCC(C)C)n(CC)n1. The van der Waals surface area contributed by atoms with Crippen molar-refractivity contribution < 1.29 is 4.79 Å². The van der Waals surface area contributed by atoms with Crippen molar-refractivity contribution in [3.05, 3.63) is 17.5 Å². The molecule has 0 saturated heterocycles. The Labute approximate surface area is 97.0 Å². The van der Waals surface area contributed by atoms with Crippen molar-refractivity contribution in [3.63, 3.8) is 0 Å². The first-order chi connectivity index (χ1) is 7.58. The van der Waals surface area contributed by atoms with Crippen molar-refractivity contribution in [1.82, 2.24) is 15.1 Å². The number of aryl methyl sites for hydroxylation is 2. The van der Waals surface area contributed by atoms with Crippen LogP contribution in [0.4, 0.5) is 0 Å². The summed E-state index contributed by atoms with van der Waals surface area (Å²) in [7, 11) is 0. The first kappa shape index (κ1) is 12.7. The van der Waals surface area contributed by atoms with Crippen molar-refractivity contribution in [2.75, 3.05) is 6.54 Å². The van der Waals surface area contributed by atoms with Crippen molar-refractivity contribution in [2.24, 2.45) is 5.92 Å². The Kier molecular flexibility index (Phi) is 4.52. The number of hydrogen-bond donors (Lipinski definition) is 1. The smallest absolute Gasteiger partial charge is 0.269 e. The Hall–Kier alpha value is -1.32. The largest absolute Gasteiger partial charge is 0.350 e. The van der Waals surface area contributed by atoms with Gasteiger partial charge in [-0.05, 0) is 25.3 Å². The Bertz CT molecular complexity index is 355. The van der Waals surface area contributed by atoms with Gasteiger partial charge in [0.15, 0.2) is 0 Å². The molecule has 0 radical (unpaired) electrons. The molecular weight excluding hydrogens is 202 g/mol. The zero-order chi connectivity index (χ0) is 12.1. The molecule has 0 saturated carbocycles. The van der Waals surface area contributed by atoms with Crippen molar-refractivity contribution >= 4 is 5.91 Å². The van der Waals surface area contributed by atoms with E-state index in [9.17, 15) is 4.79 Å². The zero-order valence-electron chi connectivity index (χ0n) is 10.6. The molecule has 4 nitrogen and oxygen atoms in total. The third-order valence-corrected chi connectivity index (χ3v) is 2.40. The Morgan fingerprint density at radius 1 is 1.50 bits per heavy atom. The number of carbonyl (C=O) groups is 1. The summed E-state index contributed by atoms with van der Waals surface area (Å²) in [6.45, 7) is 9.62. The number of aromatic nitrogens is 2. The van der Waals surface area contributed by atoms with E-state index in [1.807, 2.05) is 19.9 Å². The molecule has 4 heteroatoms. The highest BCUT2D eigenvalue weighted by atomic mass is 16.2. The Morgan fingerprint density at radius 3 is 2.69 bits per heavy atom. The predicted octanol–water partition coefficient (Wildman–Crippen LogP) is 1.85. The van der Waals surface area contributed by atoms with Crippen LogP contribution in [0.5, 0.6) is 0 Å². The molecule has 0 bridgehead atoms. The first-order valence-corrected chi connectivity index (χ1v) is 5.93. The first-order valence-electron chi connectivity index (χ1n) is 5.93. The summed E-state index contributed by atoms with van der Waals surface area (Å²) in [5, 5.41) is 7.26. The Morgan fingerprint density at radius 2 is 2.19 bits per heavy atom. The molecule has 1 aromatic heterocycles. The van der Waals surface area contributed by atoms with E-state index >= 15 is 0 Å². The van der Waals surface area contributed by atoms with Gasteiger partial charge < -0.3 is 5.32 Å². The summed E-state index contributed by atoms with van der Waals surface area (Å²) >= 11 is 0. The van der Waals surface area contributed by atoms with Gasteiger partial charge in [-0.3, -0.25) is 9.48 Å². The van der Waals surface area contributed by atoms with Crippen LogP contribution in [-0.4, -0.2) is 22.2 Å². The van der Waals surface area contributed by atoms with E-state index < -0.39 is 0 Å². The quantitative estimate of drug-likeness (QED) is 0.828. The van der Waals surface area contributed by atoms with Gasteiger partial charge in [0.2, 0.25) is 0 Å². The topological polar surface area (TPSA) is 46.9 Å². The zero-order valence-corrected chi connectivity index (χ0v) is 10.6. The molecule has 0 aliphatic carbocycles. The Balaban J connectivity index is 2.77. The molecule has 1 amide bonds. The predicted molar refractivity (Wildman–Crippen MR) is 64.5 cm³/mol. The number of hydrogen-bond acceptors (Lipinski definition) is 2. The second-order valence-electron chi connectivity index (χ2n) is 4.29. The molecule has 0 spiro atoms. The lowest BCUT2D eigenvalue weighted by Gasteiger charge is -2.08. The third-order valence-electron chi connectivity index (χ3n) is 2.40. The molecule has 90 valence electrons. The molecule has 0 fully saturated rings. The van der Waals surface area contributed by atoms with Gasteiger partial charge in [0.05, 0.1) is 5.69 Å². The van der Waals surface area contributed by atoms with Gasteiger partial charge in [0.1, 0.15) is 5.69 Å². The highest BCUT2D eigenvalue weighted by Gasteiger charge is 2.13. The van der Waals surface area contributed by atoms with Crippen molar-refractivity contribution in [3.8, 4) is 0 Å². The number of nitrogens with one attached hydrogen (secondary N) is 1. The average molecular weight is 223 g/mol. The van der Waals surface area contributed by atoms with Gasteiger partial charge >= 0.3 is 0 Å². The second-order valence-corrected chi connectivity index (χ2v) is 4.29. The second kappa shape index (κ2) is 5.68. The van der Waals surface area contributed by atoms with Crippen LogP contribution in [0.3, 0.4) is 0 Å². The fourth-order valence-electron chi connectivity index (χ4n) is 1.45. The highest BCUT2D eigenvalue weighted by molar-refractivity contribution is 5.92.